The number of amides is 1. The molecule has 0 aromatic heterocycles. The monoisotopic (exact) mass is 517 g/mol. The van der Waals surface area contributed by atoms with Gasteiger partial charge in [-0.3, -0.25) is 9.63 Å². The number of nitrogens with two attached hydrogens (primary N) is 1. The number of rotatable bonds is 11. The summed E-state index contributed by atoms with van der Waals surface area (Å²) >= 11 is 0. The Labute approximate surface area is 221 Å². The van der Waals surface area contributed by atoms with Crippen LogP contribution in [0.5, 0.6) is 5.75 Å². The van der Waals surface area contributed by atoms with Crippen LogP contribution in [0.1, 0.15) is 104 Å². The summed E-state index contributed by atoms with van der Waals surface area (Å²) in [6.45, 7) is 7.91. The molecule has 1 atom stereocenters. The third-order valence-corrected chi connectivity index (χ3v) is 6.89. The zero-order valence-corrected chi connectivity index (χ0v) is 23.0. The molecule has 0 saturated heterocycles. The van der Waals surface area contributed by atoms with Crippen LogP contribution in [0, 0.1) is 0 Å². The minimum Gasteiger partial charge on any atom is -0.459 e. The average molecular weight is 518 g/mol. The predicted octanol–water partition coefficient (Wildman–Crippen LogP) is 5.51. The molecule has 1 amide bonds. The van der Waals surface area contributed by atoms with E-state index in [1.165, 1.54) is 0 Å². The van der Waals surface area contributed by atoms with Gasteiger partial charge >= 0.3 is 11.9 Å². The zero-order valence-electron chi connectivity index (χ0n) is 23.0. The number of hydrogen-bond donors (Lipinski definition) is 2. The Bertz CT molecular complexity index is 968. The SMILES string of the molecule is CCCCCCCC(=O)[N+](O)(Oc1cccc2c1N=C(N)N(CC(=O)OC(C)(C)C)C2)C1CCCCC1. The molecule has 3 N–H and O–H groups in total. The molecule has 9 heteroatoms. The molecule has 1 aliphatic heterocycles. The Morgan fingerprint density at radius 2 is 1.84 bits per heavy atom. The number of ether oxygens (including phenoxy) is 1. The largest absolute Gasteiger partial charge is 0.459 e. The minimum absolute atomic E-state index is 0.0320. The van der Waals surface area contributed by atoms with E-state index >= 15 is 0 Å². The van der Waals surface area contributed by atoms with E-state index in [-0.39, 0.29) is 30.9 Å². The van der Waals surface area contributed by atoms with Crippen LogP contribution in [-0.4, -0.2) is 50.9 Å². The lowest BCUT2D eigenvalue weighted by molar-refractivity contribution is -1.18. The summed E-state index contributed by atoms with van der Waals surface area (Å²) in [5, 5.41) is 11.7. The summed E-state index contributed by atoms with van der Waals surface area (Å²) in [4.78, 5) is 37.0. The van der Waals surface area contributed by atoms with Crippen LogP contribution in [0.2, 0.25) is 0 Å². The topological polar surface area (TPSA) is 114 Å². The van der Waals surface area contributed by atoms with Crippen molar-refractivity contribution in [3.63, 3.8) is 0 Å². The fraction of sp³-hybridized carbons (Fsp3) is 0.679. The van der Waals surface area contributed by atoms with Crippen molar-refractivity contribution in [2.75, 3.05) is 6.54 Å². The third-order valence-electron chi connectivity index (χ3n) is 6.89. The van der Waals surface area contributed by atoms with Crippen LogP contribution in [0.25, 0.3) is 0 Å². The molecule has 9 nitrogen and oxygen atoms in total. The van der Waals surface area contributed by atoms with Crippen LogP contribution in [0.4, 0.5) is 5.69 Å². The molecule has 37 heavy (non-hydrogen) atoms. The van der Waals surface area contributed by atoms with Gasteiger partial charge in [-0.15, -0.1) is 0 Å². The van der Waals surface area contributed by atoms with Crippen molar-refractivity contribution in [1.29, 1.82) is 0 Å². The second kappa shape index (κ2) is 12.7. The average Bonchev–Trinajstić information content (AvgIpc) is 2.84. The van der Waals surface area contributed by atoms with Crippen molar-refractivity contribution in [1.82, 2.24) is 4.90 Å². The van der Waals surface area contributed by atoms with Crippen LogP contribution >= 0.6 is 0 Å². The second-order valence-electron chi connectivity index (χ2n) is 11.2. The summed E-state index contributed by atoms with van der Waals surface area (Å²) in [6.07, 6.45) is 9.77. The molecule has 1 heterocycles. The van der Waals surface area contributed by atoms with Gasteiger partial charge in [-0.25, -0.2) is 9.79 Å². The Hall–Kier alpha value is -2.65. The molecule has 1 aromatic carbocycles. The second-order valence-corrected chi connectivity index (χ2v) is 11.2. The maximum atomic E-state index is 13.4. The Balaban J connectivity index is 1.80. The Kier molecular flexibility index (Phi) is 9.95. The first-order chi connectivity index (χ1) is 17.5. The van der Waals surface area contributed by atoms with E-state index < -0.39 is 16.4 Å². The number of esters is 1. The number of guanidine groups is 1. The Morgan fingerprint density at radius 3 is 2.51 bits per heavy atom. The van der Waals surface area contributed by atoms with Crippen LogP contribution in [0.3, 0.4) is 0 Å². The van der Waals surface area contributed by atoms with Gasteiger partial charge in [0.1, 0.15) is 17.8 Å². The lowest BCUT2D eigenvalue weighted by Crippen LogP contribution is -2.59. The number of hydrogen-bond acceptors (Lipinski definition) is 8. The predicted molar refractivity (Wildman–Crippen MR) is 142 cm³/mol. The summed E-state index contributed by atoms with van der Waals surface area (Å²) in [7, 11) is 0. The number of nitrogens with zero attached hydrogens (tertiary/aromatic N) is 3. The number of quaternary nitrogens is 1. The van der Waals surface area contributed by atoms with Crippen LogP contribution < -0.4 is 10.6 Å². The number of carbonyl (C=O) groups excluding carboxylic acids is 2. The van der Waals surface area contributed by atoms with Crippen LogP contribution in [0.15, 0.2) is 23.2 Å². The molecule has 1 unspecified atom stereocenters. The standard InChI is InChI=1S/C28H45N4O5/c1-5-6-7-8-12-18-24(33)32(35,22-15-10-9-11-16-22)37-23-17-13-14-21-19-31(27(29)30-26(21)23)20-25(34)36-28(2,3)4/h13-14,17,22,35H,5-12,15-16,18-20H2,1-4H3,(H2,29,30)/q+1. The van der Waals surface area contributed by atoms with Crippen molar-refractivity contribution < 1.29 is 29.2 Å². The molecule has 0 radical (unpaired) electrons. The smallest absolute Gasteiger partial charge is 0.388 e. The first kappa shape index (κ1) is 28.9. The van der Waals surface area contributed by atoms with Crippen molar-refractivity contribution >= 4 is 23.5 Å². The lowest BCUT2D eigenvalue weighted by Gasteiger charge is -2.35. The van der Waals surface area contributed by atoms with Crippen LogP contribution in [-0.2, 0) is 20.9 Å². The van der Waals surface area contributed by atoms with Gasteiger partial charge in [-0.05, 0) is 46.1 Å². The van der Waals surface area contributed by atoms with Gasteiger partial charge in [0.2, 0.25) is 5.75 Å². The number of unbranched alkanes of at least 4 members (excludes halogenated alkanes) is 4. The third kappa shape index (κ3) is 7.92. The minimum atomic E-state index is -1.05. The fourth-order valence-electron chi connectivity index (χ4n) is 4.98. The molecule has 3 rings (SSSR count). The molecule has 1 aliphatic carbocycles. The molecular weight excluding hydrogens is 472 g/mol. The van der Waals surface area contributed by atoms with E-state index in [2.05, 4.69) is 11.9 Å². The molecule has 0 spiro atoms. The molecule has 1 saturated carbocycles. The van der Waals surface area contributed by atoms with Crippen molar-refractivity contribution in [2.24, 2.45) is 10.7 Å². The van der Waals surface area contributed by atoms with Gasteiger partial charge in [0.15, 0.2) is 12.0 Å². The summed E-state index contributed by atoms with van der Waals surface area (Å²) in [5.74, 6) is -0.246. The van der Waals surface area contributed by atoms with E-state index in [0.717, 1.165) is 69.8 Å². The normalized spacial score (nSPS) is 18.0. The summed E-state index contributed by atoms with van der Waals surface area (Å²) in [6, 6.07) is 5.07. The highest BCUT2D eigenvalue weighted by Crippen LogP contribution is 2.39. The Morgan fingerprint density at radius 1 is 1.14 bits per heavy atom. The van der Waals surface area contributed by atoms with Gasteiger partial charge in [0.05, 0.1) is 11.2 Å². The van der Waals surface area contributed by atoms with Gasteiger partial charge in [0, 0.05) is 24.9 Å². The van der Waals surface area contributed by atoms with E-state index in [0.29, 0.717) is 18.0 Å². The van der Waals surface area contributed by atoms with Crippen molar-refractivity contribution in [2.45, 2.75) is 117 Å². The maximum Gasteiger partial charge on any atom is 0.388 e. The number of para-hydroxylation sites is 1. The molecule has 0 bridgehead atoms. The first-order valence-electron chi connectivity index (χ1n) is 13.8. The first-order valence-corrected chi connectivity index (χ1v) is 13.8. The number of fused-ring (bicyclic) bond motifs is 1. The van der Waals surface area contributed by atoms with E-state index in [4.69, 9.17) is 15.3 Å². The van der Waals surface area contributed by atoms with Gasteiger partial charge in [-0.1, -0.05) is 51.2 Å². The van der Waals surface area contributed by atoms with E-state index in [1.54, 1.807) is 17.0 Å². The van der Waals surface area contributed by atoms with Crippen molar-refractivity contribution in [3.05, 3.63) is 23.8 Å². The number of hydroxylamine groups is 4. The van der Waals surface area contributed by atoms with Gasteiger partial charge in [-0.2, -0.15) is 5.21 Å². The summed E-state index contributed by atoms with van der Waals surface area (Å²) in [5.41, 5.74) is 6.89. The fourth-order valence-corrected chi connectivity index (χ4v) is 4.98. The van der Waals surface area contributed by atoms with E-state index in [9.17, 15) is 14.8 Å². The molecule has 1 fully saturated rings. The lowest BCUT2D eigenvalue weighted by atomic mass is 9.94. The highest BCUT2D eigenvalue weighted by molar-refractivity contribution is 5.88. The number of benzene rings is 1. The number of carbonyl (C=O) groups is 2. The highest BCUT2D eigenvalue weighted by Gasteiger charge is 2.48. The molecular formula is C28H45N4O5+. The zero-order chi connectivity index (χ0) is 27.1. The van der Waals surface area contributed by atoms with E-state index in [1.807, 2.05) is 26.8 Å². The quantitative estimate of drug-likeness (QED) is 0.131. The van der Waals surface area contributed by atoms with Gasteiger partial charge in [0.25, 0.3) is 0 Å². The molecule has 206 valence electrons. The highest BCUT2D eigenvalue weighted by atomic mass is 16.9. The summed E-state index contributed by atoms with van der Waals surface area (Å²) < 4.78 is 5.42. The maximum absolute atomic E-state index is 13.4. The van der Waals surface area contributed by atoms with Gasteiger partial charge < -0.3 is 15.4 Å². The molecule has 1 aromatic rings. The van der Waals surface area contributed by atoms with Crippen molar-refractivity contribution in [3.8, 4) is 5.75 Å². The number of aliphatic imine (C=N–C) groups is 1. The molecule has 2 aliphatic rings.